The third-order valence-corrected chi connectivity index (χ3v) is 8.48. The van der Waals surface area contributed by atoms with E-state index in [4.69, 9.17) is 16.0 Å². The zero-order chi connectivity index (χ0) is 32.1. The van der Waals surface area contributed by atoms with Gasteiger partial charge in [-0.15, -0.1) is 0 Å². The Morgan fingerprint density at radius 2 is 1.05 bits per heavy atom. The molecule has 0 radical (unpaired) electrons. The molecule has 0 atom stereocenters. The van der Waals surface area contributed by atoms with Gasteiger partial charge in [0.05, 0.1) is 5.75 Å². The van der Waals surface area contributed by atoms with Gasteiger partial charge < -0.3 is 11.5 Å². The Labute approximate surface area is 260 Å². The Hall–Kier alpha value is -1.44. The number of primary amides is 1. The zero-order valence-electron chi connectivity index (χ0n) is 28.2. The van der Waals surface area contributed by atoms with E-state index in [2.05, 4.69) is 33.8 Å². The highest BCUT2D eigenvalue weighted by Gasteiger charge is 2.13. The van der Waals surface area contributed by atoms with Gasteiger partial charge in [0, 0.05) is 5.56 Å². The number of carbonyl (C=O) groups is 1. The Morgan fingerprint density at radius 3 is 1.33 bits per heavy atom. The molecule has 1 aromatic rings. The minimum atomic E-state index is -3.67. The van der Waals surface area contributed by atoms with Crippen LogP contribution in [-0.4, -0.2) is 31.2 Å². The molecular formula is C35H68N2O4S. The molecule has 1 amide bonds. The molecule has 0 aliphatic heterocycles. The summed E-state index contributed by atoms with van der Waals surface area (Å²) in [6.45, 7) is 11.2. The summed E-state index contributed by atoms with van der Waals surface area (Å²) in [5.41, 5.74) is 15.3. The van der Waals surface area contributed by atoms with Crippen LogP contribution in [0.3, 0.4) is 0 Å². The molecule has 1 aromatic carbocycles. The fourth-order valence-corrected chi connectivity index (χ4v) is 5.69. The molecule has 1 rings (SSSR count). The first-order chi connectivity index (χ1) is 20.1. The van der Waals surface area contributed by atoms with E-state index in [1.807, 2.05) is 6.07 Å². The van der Waals surface area contributed by atoms with Gasteiger partial charge >= 0.3 is 0 Å². The lowest BCUT2D eigenvalue weighted by Gasteiger charge is -2.15. The van der Waals surface area contributed by atoms with Gasteiger partial charge in [0.15, 0.2) is 0 Å². The molecular weight excluding hydrogens is 544 g/mol. The number of amides is 1. The second-order valence-corrected chi connectivity index (χ2v) is 13.0. The highest BCUT2D eigenvalue weighted by Crippen LogP contribution is 2.23. The lowest BCUT2D eigenvalue weighted by Crippen LogP contribution is -2.16. The minimum Gasteiger partial charge on any atom is -0.366 e. The first-order valence-electron chi connectivity index (χ1n) is 17.2. The monoisotopic (exact) mass is 612 g/mol. The van der Waals surface area contributed by atoms with Crippen molar-refractivity contribution in [3.63, 3.8) is 0 Å². The average molecular weight is 613 g/mol. The third kappa shape index (κ3) is 25.1. The Balaban J connectivity index is 0. The first kappa shape index (κ1) is 42.7. The summed E-state index contributed by atoms with van der Waals surface area (Å²) in [7, 11) is -3.67. The van der Waals surface area contributed by atoms with Crippen molar-refractivity contribution in [3.8, 4) is 0 Å². The van der Waals surface area contributed by atoms with Gasteiger partial charge in [0.1, 0.15) is 0 Å². The smallest absolute Gasteiger partial charge is 0.264 e. The van der Waals surface area contributed by atoms with Crippen LogP contribution in [0.4, 0.5) is 0 Å². The van der Waals surface area contributed by atoms with Crippen LogP contribution in [-0.2, 0) is 29.4 Å². The van der Waals surface area contributed by atoms with E-state index < -0.39 is 10.1 Å². The average Bonchev–Trinajstić information content (AvgIpc) is 2.96. The summed E-state index contributed by atoms with van der Waals surface area (Å²) >= 11 is 0. The van der Waals surface area contributed by atoms with Gasteiger partial charge in [-0.25, -0.2) is 0 Å². The maximum Gasteiger partial charge on any atom is 0.264 e. The van der Waals surface area contributed by atoms with Crippen LogP contribution in [0.1, 0.15) is 177 Å². The van der Waals surface area contributed by atoms with Crippen molar-refractivity contribution in [1.29, 1.82) is 0 Å². The number of hydrogen-bond donors (Lipinski definition) is 3. The molecule has 0 aromatic heterocycles. The molecule has 0 fully saturated rings. The van der Waals surface area contributed by atoms with Crippen LogP contribution in [0, 0.1) is 0 Å². The molecule has 0 heterocycles. The molecule has 0 spiro atoms. The van der Waals surface area contributed by atoms with Crippen molar-refractivity contribution in [3.05, 3.63) is 34.4 Å². The Kier molecular flexibility index (Phi) is 30.1. The molecule has 42 heavy (non-hydrogen) atoms. The molecule has 248 valence electrons. The van der Waals surface area contributed by atoms with Crippen molar-refractivity contribution in [2.24, 2.45) is 11.5 Å². The van der Waals surface area contributed by atoms with E-state index in [0.717, 1.165) is 37.8 Å². The quantitative estimate of drug-likeness (QED) is 0.0839. The van der Waals surface area contributed by atoms with Crippen LogP contribution in [0.15, 0.2) is 12.1 Å². The van der Waals surface area contributed by atoms with E-state index in [1.54, 1.807) is 6.92 Å². The molecule has 0 aliphatic carbocycles. The van der Waals surface area contributed by atoms with Crippen LogP contribution in [0.5, 0.6) is 0 Å². The summed E-state index contributed by atoms with van der Waals surface area (Å²) in [4.78, 5) is 11.7. The van der Waals surface area contributed by atoms with E-state index >= 15 is 0 Å². The maximum absolute atomic E-state index is 11.7. The normalized spacial score (nSPS) is 10.9. The molecule has 5 N–H and O–H groups in total. The molecule has 0 aliphatic rings. The van der Waals surface area contributed by atoms with E-state index in [9.17, 15) is 13.2 Å². The van der Waals surface area contributed by atoms with Gasteiger partial charge in [-0.2, -0.15) is 8.42 Å². The maximum atomic E-state index is 11.7. The predicted octanol–water partition coefficient (Wildman–Crippen LogP) is 9.35. The Bertz CT molecular complexity index is 870. The summed E-state index contributed by atoms with van der Waals surface area (Å²) in [5.74, 6) is -0.423. The summed E-state index contributed by atoms with van der Waals surface area (Å²) in [6.07, 6.45) is 27.1. The predicted molar refractivity (Wildman–Crippen MR) is 183 cm³/mol. The molecule has 6 nitrogen and oxygen atoms in total. The number of benzene rings is 1. The molecule has 0 saturated heterocycles. The lowest BCUT2D eigenvalue weighted by atomic mass is 9.90. The largest absolute Gasteiger partial charge is 0.366 e. The standard InChI is InChI=1S/C29H51NO.C3H9N.C3H8O3S/c1-4-7-8-9-10-11-12-13-14-15-16-17-18-19-20-21-22-25-23-24-28(29(30)31)27(6-3)26(25)5-2;1-2-3-4;1-2-3-7(4,5)6/h23-24H,4-22H2,1-3H3,(H2,30,31);2-4H2,1H3;2-3H2,1H3,(H,4,5,6). The molecule has 0 unspecified atom stereocenters. The van der Waals surface area contributed by atoms with Crippen molar-refractivity contribution < 1.29 is 17.8 Å². The second kappa shape index (κ2) is 29.6. The molecule has 7 heteroatoms. The highest BCUT2D eigenvalue weighted by molar-refractivity contribution is 7.85. The topological polar surface area (TPSA) is 123 Å². The minimum absolute atomic E-state index is 0.132. The molecule has 0 saturated carbocycles. The lowest BCUT2D eigenvalue weighted by molar-refractivity contribution is 0.0999. The van der Waals surface area contributed by atoms with Crippen LogP contribution >= 0.6 is 0 Å². The number of hydrogen-bond acceptors (Lipinski definition) is 4. The van der Waals surface area contributed by atoms with Crippen molar-refractivity contribution in [1.82, 2.24) is 0 Å². The fourth-order valence-electron chi connectivity index (χ4n) is 5.17. The van der Waals surface area contributed by atoms with Crippen molar-refractivity contribution >= 4 is 16.0 Å². The van der Waals surface area contributed by atoms with Crippen molar-refractivity contribution in [2.45, 2.75) is 169 Å². The number of carbonyl (C=O) groups excluding carboxylic acids is 1. The van der Waals surface area contributed by atoms with Crippen molar-refractivity contribution in [2.75, 3.05) is 12.3 Å². The van der Waals surface area contributed by atoms with E-state index in [1.165, 1.54) is 119 Å². The number of nitrogens with two attached hydrogens (primary N) is 2. The van der Waals surface area contributed by atoms with Gasteiger partial charge in [0.25, 0.3) is 10.1 Å². The number of unbranched alkanes of at least 4 members (excludes halogenated alkanes) is 15. The summed E-state index contributed by atoms with van der Waals surface area (Å²) in [5, 5.41) is 0. The van der Waals surface area contributed by atoms with E-state index in [-0.39, 0.29) is 11.7 Å². The fraction of sp³-hybridized carbons (Fsp3) is 0.800. The summed E-state index contributed by atoms with van der Waals surface area (Å²) in [6, 6.07) is 4.09. The highest BCUT2D eigenvalue weighted by atomic mass is 32.2. The first-order valence-corrected chi connectivity index (χ1v) is 18.8. The van der Waals surface area contributed by atoms with Gasteiger partial charge in [-0.3, -0.25) is 9.35 Å². The second-order valence-electron chi connectivity index (χ2n) is 11.4. The molecule has 0 bridgehead atoms. The van der Waals surface area contributed by atoms with Gasteiger partial charge in [-0.05, 0) is 67.8 Å². The summed E-state index contributed by atoms with van der Waals surface area (Å²) < 4.78 is 27.6. The Morgan fingerprint density at radius 1 is 0.643 bits per heavy atom. The zero-order valence-corrected chi connectivity index (χ0v) is 29.0. The number of rotatable bonds is 23. The number of aryl methyl sites for hydroxylation is 1. The van der Waals surface area contributed by atoms with Crippen LogP contribution < -0.4 is 11.5 Å². The SMILES string of the molecule is CCCCCCCCCCCCCCCCCCc1ccc(C(N)=O)c(CC)c1CC.CCCN.CCCS(=O)(=O)O. The van der Waals surface area contributed by atoms with Gasteiger partial charge in [0.2, 0.25) is 5.91 Å². The van der Waals surface area contributed by atoms with Crippen LogP contribution in [0.25, 0.3) is 0 Å². The van der Waals surface area contributed by atoms with Gasteiger partial charge in [-0.1, -0.05) is 137 Å². The van der Waals surface area contributed by atoms with E-state index in [0.29, 0.717) is 6.42 Å². The third-order valence-electron chi connectivity index (χ3n) is 7.55. The van der Waals surface area contributed by atoms with Crippen LogP contribution in [0.2, 0.25) is 0 Å².